The molecule has 0 saturated carbocycles. The second-order valence-corrected chi connectivity index (χ2v) is 5.47. The Labute approximate surface area is 133 Å². The predicted molar refractivity (Wildman–Crippen MR) is 85.8 cm³/mol. The van der Waals surface area contributed by atoms with Gasteiger partial charge in [-0.15, -0.1) is 0 Å². The van der Waals surface area contributed by atoms with Gasteiger partial charge in [0.05, 0.1) is 6.54 Å². The van der Waals surface area contributed by atoms with Gasteiger partial charge in [0, 0.05) is 17.8 Å². The Bertz CT molecular complexity index is 731. The molecule has 1 aliphatic heterocycles. The van der Waals surface area contributed by atoms with Crippen molar-refractivity contribution in [3.8, 4) is 0 Å². The Balaban J connectivity index is 1.67. The van der Waals surface area contributed by atoms with Gasteiger partial charge < -0.3 is 10.2 Å². The molecule has 0 atom stereocenters. The third-order valence-corrected chi connectivity index (χ3v) is 3.90. The largest absolute Gasteiger partial charge is 0.343 e. The quantitative estimate of drug-likeness (QED) is 0.947. The summed E-state index contributed by atoms with van der Waals surface area (Å²) in [6, 6.07) is 13.2. The molecule has 0 aromatic heterocycles. The zero-order valence-corrected chi connectivity index (χ0v) is 12.6. The minimum absolute atomic E-state index is 0.0788. The topological polar surface area (TPSA) is 49.4 Å². The van der Waals surface area contributed by atoms with Crippen LogP contribution in [0.2, 0.25) is 0 Å². The molecule has 1 N–H and O–H groups in total. The van der Waals surface area contributed by atoms with Gasteiger partial charge in [-0.1, -0.05) is 18.2 Å². The fourth-order valence-electron chi connectivity index (χ4n) is 2.77. The third kappa shape index (κ3) is 3.39. The van der Waals surface area contributed by atoms with E-state index in [-0.39, 0.29) is 24.2 Å². The Morgan fingerprint density at radius 3 is 2.70 bits per heavy atom. The van der Waals surface area contributed by atoms with E-state index in [1.807, 2.05) is 6.07 Å². The van der Waals surface area contributed by atoms with Gasteiger partial charge in [-0.25, -0.2) is 4.39 Å². The van der Waals surface area contributed by atoms with E-state index in [9.17, 15) is 14.0 Å². The number of aryl methyl sites for hydroxylation is 1. The molecule has 2 aromatic rings. The summed E-state index contributed by atoms with van der Waals surface area (Å²) in [6.07, 6.45) is 1.54. The van der Waals surface area contributed by atoms with Crippen LogP contribution in [0.5, 0.6) is 0 Å². The van der Waals surface area contributed by atoms with Crippen LogP contribution in [0, 0.1) is 5.82 Å². The number of fused-ring (bicyclic) bond motifs is 1. The summed E-state index contributed by atoms with van der Waals surface area (Å²) in [5, 5.41) is 2.63. The van der Waals surface area contributed by atoms with E-state index in [1.54, 1.807) is 35.2 Å². The molecule has 5 heteroatoms. The van der Waals surface area contributed by atoms with E-state index >= 15 is 0 Å². The van der Waals surface area contributed by atoms with Gasteiger partial charge in [0.1, 0.15) is 5.82 Å². The molecule has 0 aliphatic carbocycles. The highest BCUT2D eigenvalue weighted by Gasteiger charge is 2.23. The van der Waals surface area contributed by atoms with Crippen LogP contribution in [-0.2, 0) is 11.2 Å². The van der Waals surface area contributed by atoms with E-state index in [0.717, 1.165) is 24.1 Å². The summed E-state index contributed by atoms with van der Waals surface area (Å²) in [6.45, 7) is 0.503. The zero-order chi connectivity index (χ0) is 16.2. The van der Waals surface area contributed by atoms with Crippen molar-refractivity contribution in [3.63, 3.8) is 0 Å². The van der Waals surface area contributed by atoms with Crippen molar-refractivity contribution in [1.82, 2.24) is 5.32 Å². The molecule has 1 heterocycles. The SMILES string of the molecule is O=C(NCC(=O)N1CCCc2cc(F)ccc21)c1ccccc1. The molecule has 0 fully saturated rings. The van der Waals surface area contributed by atoms with Crippen LogP contribution in [-0.4, -0.2) is 24.9 Å². The number of carbonyl (C=O) groups excluding carboxylic acids is 2. The van der Waals surface area contributed by atoms with E-state index < -0.39 is 0 Å². The second-order valence-electron chi connectivity index (χ2n) is 5.47. The molecule has 23 heavy (non-hydrogen) atoms. The Kier molecular flexibility index (Phi) is 4.37. The Morgan fingerprint density at radius 2 is 1.91 bits per heavy atom. The Morgan fingerprint density at radius 1 is 1.13 bits per heavy atom. The van der Waals surface area contributed by atoms with Crippen molar-refractivity contribution in [2.75, 3.05) is 18.0 Å². The first kappa shape index (κ1) is 15.2. The minimum Gasteiger partial charge on any atom is -0.343 e. The molecule has 0 radical (unpaired) electrons. The fraction of sp³-hybridized carbons (Fsp3) is 0.222. The van der Waals surface area contributed by atoms with Crippen LogP contribution in [0.3, 0.4) is 0 Å². The fourth-order valence-corrected chi connectivity index (χ4v) is 2.77. The van der Waals surface area contributed by atoms with Crippen LogP contribution in [0.4, 0.5) is 10.1 Å². The van der Waals surface area contributed by atoms with Crippen LogP contribution >= 0.6 is 0 Å². The average Bonchev–Trinajstić information content (AvgIpc) is 2.59. The maximum atomic E-state index is 13.3. The molecule has 2 amide bonds. The molecular weight excluding hydrogens is 295 g/mol. The molecule has 2 aromatic carbocycles. The van der Waals surface area contributed by atoms with E-state index in [4.69, 9.17) is 0 Å². The molecule has 0 spiro atoms. The smallest absolute Gasteiger partial charge is 0.251 e. The molecule has 1 aliphatic rings. The normalized spacial score (nSPS) is 13.3. The highest BCUT2D eigenvalue weighted by atomic mass is 19.1. The van der Waals surface area contributed by atoms with Crippen molar-refractivity contribution < 1.29 is 14.0 Å². The number of benzene rings is 2. The first-order valence-corrected chi connectivity index (χ1v) is 7.57. The van der Waals surface area contributed by atoms with Crippen molar-refractivity contribution in [1.29, 1.82) is 0 Å². The number of nitrogens with zero attached hydrogens (tertiary/aromatic N) is 1. The maximum Gasteiger partial charge on any atom is 0.251 e. The lowest BCUT2D eigenvalue weighted by atomic mass is 10.0. The van der Waals surface area contributed by atoms with E-state index in [1.165, 1.54) is 12.1 Å². The summed E-state index contributed by atoms with van der Waals surface area (Å²) in [5.74, 6) is -0.771. The van der Waals surface area contributed by atoms with Gasteiger partial charge in [0.2, 0.25) is 5.91 Å². The summed E-state index contributed by atoms with van der Waals surface area (Å²) in [5.41, 5.74) is 2.08. The van der Waals surface area contributed by atoms with Crippen LogP contribution in [0.15, 0.2) is 48.5 Å². The zero-order valence-electron chi connectivity index (χ0n) is 12.6. The van der Waals surface area contributed by atoms with Crippen molar-refractivity contribution >= 4 is 17.5 Å². The molecule has 4 nitrogen and oxygen atoms in total. The number of hydrogen-bond acceptors (Lipinski definition) is 2. The molecular formula is C18H17FN2O2. The van der Waals surface area contributed by atoms with E-state index in [2.05, 4.69) is 5.32 Å². The highest BCUT2D eigenvalue weighted by Crippen LogP contribution is 2.27. The number of anilines is 1. The lowest BCUT2D eigenvalue weighted by Crippen LogP contribution is -2.42. The summed E-state index contributed by atoms with van der Waals surface area (Å²) in [4.78, 5) is 26.0. The third-order valence-electron chi connectivity index (χ3n) is 3.90. The highest BCUT2D eigenvalue weighted by molar-refractivity contribution is 6.00. The average molecular weight is 312 g/mol. The van der Waals surface area contributed by atoms with Gasteiger partial charge in [-0.05, 0) is 48.7 Å². The molecule has 118 valence electrons. The number of halogens is 1. The minimum atomic E-state index is -0.296. The first-order valence-electron chi connectivity index (χ1n) is 7.57. The van der Waals surface area contributed by atoms with Crippen molar-refractivity contribution in [2.24, 2.45) is 0 Å². The van der Waals surface area contributed by atoms with E-state index in [0.29, 0.717) is 12.1 Å². The Hall–Kier alpha value is -2.69. The number of hydrogen-bond donors (Lipinski definition) is 1. The predicted octanol–water partition coefficient (Wildman–Crippen LogP) is 2.53. The lowest BCUT2D eigenvalue weighted by molar-refractivity contribution is -0.117. The van der Waals surface area contributed by atoms with Gasteiger partial charge in [0.25, 0.3) is 5.91 Å². The van der Waals surface area contributed by atoms with Crippen molar-refractivity contribution in [2.45, 2.75) is 12.8 Å². The molecule has 0 unspecified atom stereocenters. The lowest BCUT2D eigenvalue weighted by Gasteiger charge is -2.29. The first-order chi connectivity index (χ1) is 11.1. The summed E-state index contributed by atoms with van der Waals surface area (Å²) < 4.78 is 13.3. The second kappa shape index (κ2) is 6.60. The standard InChI is InChI=1S/C18H17FN2O2/c19-15-8-9-16-14(11-15)7-4-10-21(16)17(22)12-20-18(23)13-5-2-1-3-6-13/h1-3,5-6,8-9,11H,4,7,10,12H2,(H,20,23). The maximum absolute atomic E-state index is 13.3. The van der Waals surface area contributed by atoms with Crippen molar-refractivity contribution in [3.05, 3.63) is 65.5 Å². The van der Waals surface area contributed by atoms with Crippen LogP contribution in [0.25, 0.3) is 0 Å². The summed E-state index contributed by atoms with van der Waals surface area (Å²) >= 11 is 0. The monoisotopic (exact) mass is 312 g/mol. The van der Waals surface area contributed by atoms with Crippen LogP contribution in [0.1, 0.15) is 22.3 Å². The number of rotatable bonds is 3. The number of carbonyl (C=O) groups is 2. The molecule has 0 saturated heterocycles. The van der Waals surface area contributed by atoms with Crippen LogP contribution < -0.4 is 10.2 Å². The molecule has 3 rings (SSSR count). The van der Waals surface area contributed by atoms with Gasteiger partial charge >= 0.3 is 0 Å². The summed E-state index contributed by atoms with van der Waals surface area (Å²) in [7, 11) is 0. The number of amides is 2. The van der Waals surface area contributed by atoms with Gasteiger partial charge in [0.15, 0.2) is 0 Å². The van der Waals surface area contributed by atoms with Gasteiger partial charge in [-0.2, -0.15) is 0 Å². The van der Waals surface area contributed by atoms with Gasteiger partial charge in [-0.3, -0.25) is 9.59 Å². The number of nitrogens with one attached hydrogen (secondary N) is 1. The molecule has 0 bridgehead atoms.